The number of para-hydroxylation sites is 1. The van der Waals surface area contributed by atoms with Gasteiger partial charge in [-0.2, -0.15) is 0 Å². The van der Waals surface area contributed by atoms with Gasteiger partial charge >= 0.3 is 5.97 Å². The summed E-state index contributed by atoms with van der Waals surface area (Å²) in [5, 5.41) is 13.1. The van der Waals surface area contributed by atoms with Crippen molar-refractivity contribution in [1.29, 1.82) is 0 Å². The van der Waals surface area contributed by atoms with Crippen molar-refractivity contribution in [3.8, 4) is 0 Å². The number of nitrogens with one attached hydrogen (secondary N) is 1. The van der Waals surface area contributed by atoms with E-state index in [1.54, 1.807) is 11.3 Å². The maximum Gasteiger partial charge on any atom is 0.308 e. The normalized spacial score (nSPS) is 21.9. The highest BCUT2D eigenvalue weighted by molar-refractivity contribution is 7.22. The number of aliphatic carboxylic acids is 1. The van der Waals surface area contributed by atoms with E-state index in [1.807, 2.05) is 29.2 Å². The lowest BCUT2D eigenvalue weighted by atomic mass is 10.0. The summed E-state index contributed by atoms with van der Waals surface area (Å²) in [6.07, 6.45) is 1.22. The zero-order valence-electron chi connectivity index (χ0n) is 12.9. The summed E-state index contributed by atoms with van der Waals surface area (Å²) in [5.74, 6) is -1.33. The number of carbonyl (C=O) groups excluding carboxylic acids is 1. The minimum Gasteiger partial charge on any atom is -0.481 e. The van der Waals surface area contributed by atoms with E-state index >= 15 is 0 Å². The molecule has 1 aromatic carbocycles. The summed E-state index contributed by atoms with van der Waals surface area (Å²) in [6, 6.07) is 7.81. The number of thiazole rings is 1. The summed E-state index contributed by atoms with van der Waals surface area (Å²) in [7, 11) is 0. The summed E-state index contributed by atoms with van der Waals surface area (Å²) >= 11 is 1.56. The third-order valence-corrected chi connectivity index (χ3v) is 5.15. The minimum atomic E-state index is -0.792. The number of carboxylic acid groups (broad SMARTS) is 1. The van der Waals surface area contributed by atoms with E-state index in [4.69, 9.17) is 0 Å². The Balaban J connectivity index is 1.88. The molecule has 0 bridgehead atoms. The summed E-state index contributed by atoms with van der Waals surface area (Å²) in [5.41, 5.74) is 0.916. The largest absolute Gasteiger partial charge is 0.481 e. The number of carboxylic acids is 1. The molecule has 2 atom stereocenters. The molecule has 2 heterocycles. The van der Waals surface area contributed by atoms with Crippen LogP contribution in [0.25, 0.3) is 10.2 Å². The van der Waals surface area contributed by atoms with Crippen molar-refractivity contribution >= 4 is 38.6 Å². The van der Waals surface area contributed by atoms with Crippen LogP contribution < -0.4 is 10.2 Å². The van der Waals surface area contributed by atoms with Crippen LogP contribution >= 0.6 is 11.3 Å². The van der Waals surface area contributed by atoms with E-state index in [-0.39, 0.29) is 11.9 Å². The Kier molecular flexibility index (Phi) is 4.47. The van der Waals surface area contributed by atoms with Crippen molar-refractivity contribution in [1.82, 2.24) is 10.3 Å². The number of benzene rings is 1. The van der Waals surface area contributed by atoms with Crippen LogP contribution in [-0.2, 0) is 9.59 Å². The Labute approximate surface area is 138 Å². The topological polar surface area (TPSA) is 82.5 Å². The van der Waals surface area contributed by atoms with Gasteiger partial charge < -0.3 is 15.3 Å². The predicted octanol–water partition coefficient (Wildman–Crippen LogP) is 2.10. The van der Waals surface area contributed by atoms with Gasteiger partial charge in [0.15, 0.2) is 5.13 Å². The number of carbonyl (C=O) groups is 2. The smallest absolute Gasteiger partial charge is 0.308 e. The van der Waals surface area contributed by atoms with Gasteiger partial charge in [-0.3, -0.25) is 9.59 Å². The SMILES string of the molecule is CC(=O)N[C@@H]1CC[C@H](C(=O)O)CN(c2nc3ccccc3s2)C1. The summed E-state index contributed by atoms with van der Waals surface area (Å²) in [6.45, 7) is 2.50. The summed E-state index contributed by atoms with van der Waals surface area (Å²) < 4.78 is 1.08. The highest BCUT2D eigenvalue weighted by Gasteiger charge is 2.30. The average Bonchev–Trinajstić information content (AvgIpc) is 2.81. The monoisotopic (exact) mass is 333 g/mol. The number of aromatic nitrogens is 1. The number of anilines is 1. The van der Waals surface area contributed by atoms with Crippen molar-refractivity contribution in [2.24, 2.45) is 5.92 Å². The van der Waals surface area contributed by atoms with Crippen molar-refractivity contribution in [3.05, 3.63) is 24.3 Å². The van der Waals surface area contributed by atoms with Crippen LogP contribution in [0.3, 0.4) is 0 Å². The fourth-order valence-electron chi connectivity index (χ4n) is 2.95. The van der Waals surface area contributed by atoms with Crippen molar-refractivity contribution in [2.75, 3.05) is 18.0 Å². The first-order chi connectivity index (χ1) is 11.0. The number of hydrogen-bond acceptors (Lipinski definition) is 5. The van der Waals surface area contributed by atoms with Gasteiger partial charge in [-0.05, 0) is 25.0 Å². The third kappa shape index (κ3) is 3.61. The van der Waals surface area contributed by atoms with Gasteiger partial charge in [0, 0.05) is 26.1 Å². The van der Waals surface area contributed by atoms with Crippen molar-refractivity contribution in [2.45, 2.75) is 25.8 Å². The molecule has 2 aromatic rings. The van der Waals surface area contributed by atoms with Gasteiger partial charge in [-0.25, -0.2) is 4.98 Å². The second kappa shape index (κ2) is 6.54. The van der Waals surface area contributed by atoms with Crippen molar-refractivity contribution < 1.29 is 14.7 Å². The first-order valence-corrected chi connectivity index (χ1v) is 8.45. The first-order valence-electron chi connectivity index (χ1n) is 7.63. The lowest BCUT2D eigenvalue weighted by Gasteiger charge is -2.25. The van der Waals surface area contributed by atoms with Gasteiger partial charge in [-0.1, -0.05) is 23.5 Å². The number of rotatable bonds is 3. The zero-order valence-corrected chi connectivity index (χ0v) is 13.7. The van der Waals surface area contributed by atoms with Gasteiger partial charge in [0.1, 0.15) is 0 Å². The molecule has 3 rings (SSSR count). The maximum absolute atomic E-state index is 11.5. The van der Waals surface area contributed by atoms with Gasteiger partial charge in [0.25, 0.3) is 0 Å². The van der Waals surface area contributed by atoms with Crippen LogP contribution in [0, 0.1) is 5.92 Å². The molecule has 0 unspecified atom stereocenters. The van der Waals surface area contributed by atoms with Gasteiger partial charge in [0.2, 0.25) is 5.91 Å². The minimum absolute atomic E-state index is 0.0520. The molecule has 122 valence electrons. The molecule has 1 aliphatic heterocycles. The van der Waals surface area contributed by atoms with E-state index in [2.05, 4.69) is 10.3 Å². The molecule has 0 spiro atoms. The van der Waals surface area contributed by atoms with E-state index in [0.29, 0.717) is 25.9 Å². The van der Waals surface area contributed by atoms with Crippen LogP contribution in [0.15, 0.2) is 24.3 Å². The maximum atomic E-state index is 11.5. The average molecular weight is 333 g/mol. The van der Waals surface area contributed by atoms with Crippen LogP contribution in [-0.4, -0.2) is 41.1 Å². The molecule has 23 heavy (non-hydrogen) atoms. The zero-order chi connectivity index (χ0) is 16.4. The number of hydrogen-bond donors (Lipinski definition) is 2. The lowest BCUT2D eigenvalue weighted by molar-refractivity contribution is -0.141. The van der Waals surface area contributed by atoms with Crippen LogP contribution in [0.5, 0.6) is 0 Å². The molecule has 1 saturated heterocycles. The standard InChI is InChI=1S/C16H19N3O3S/c1-10(20)17-12-7-6-11(15(21)22)8-19(9-12)16-18-13-4-2-3-5-14(13)23-16/h2-5,11-12H,6-9H2,1H3,(H,17,20)(H,21,22)/t11-,12+/m0/s1. The van der Waals surface area contributed by atoms with E-state index in [1.165, 1.54) is 6.92 Å². The fourth-order valence-corrected chi connectivity index (χ4v) is 3.93. The highest BCUT2D eigenvalue weighted by atomic mass is 32.1. The molecular weight excluding hydrogens is 314 g/mol. The van der Waals surface area contributed by atoms with Crippen LogP contribution in [0.2, 0.25) is 0 Å². The van der Waals surface area contributed by atoms with E-state index < -0.39 is 11.9 Å². The quantitative estimate of drug-likeness (QED) is 0.899. The first kappa shape index (κ1) is 15.7. The molecular formula is C16H19N3O3S. The second-order valence-corrected chi connectivity index (χ2v) is 6.89. The fraction of sp³-hybridized carbons (Fsp3) is 0.438. The van der Waals surface area contributed by atoms with Crippen LogP contribution in [0.1, 0.15) is 19.8 Å². The summed E-state index contributed by atoms with van der Waals surface area (Å²) in [4.78, 5) is 29.4. The lowest BCUT2D eigenvalue weighted by Crippen LogP contribution is -2.42. The Bertz CT molecular complexity index is 697. The number of amides is 1. The Morgan fingerprint density at radius 1 is 1.30 bits per heavy atom. The molecule has 1 aromatic heterocycles. The molecule has 2 N–H and O–H groups in total. The molecule has 0 radical (unpaired) electrons. The van der Waals surface area contributed by atoms with Crippen LogP contribution in [0.4, 0.5) is 5.13 Å². The van der Waals surface area contributed by atoms with E-state index in [9.17, 15) is 14.7 Å². The molecule has 0 saturated carbocycles. The molecule has 7 heteroatoms. The predicted molar refractivity (Wildman–Crippen MR) is 89.8 cm³/mol. The molecule has 1 amide bonds. The van der Waals surface area contributed by atoms with Crippen molar-refractivity contribution in [3.63, 3.8) is 0 Å². The Morgan fingerprint density at radius 3 is 2.78 bits per heavy atom. The van der Waals surface area contributed by atoms with E-state index in [0.717, 1.165) is 15.3 Å². The molecule has 1 aliphatic rings. The Morgan fingerprint density at radius 2 is 2.09 bits per heavy atom. The third-order valence-electron chi connectivity index (χ3n) is 4.05. The molecule has 1 fully saturated rings. The number of fused-ring (bicyclic) bond motifs is 1. The van der Waals surface area contributed by atoms with Gasteiger partial charge in [-0.15, -0.1) is 0 Å². The molecule has 6 nitrogen and oxygen atoms in total. The highest BCUT2D eigenvalue weighted by Crippen LogP contribution is 2.31. The molecule has 0 aliphatic carbocycles. The van der Waals surface area contributed by atoms with Gasteiger partial charge in [0.05, 0.1) is 16.1 Å². The number of nitrogens with zero attached hydrogens (tertiary/aromatic N) is 2. The second-order valence-electron chi connectivity index (χ2n) is 5.88. The Hall–Kier alpha value is -2.15.